The standard InChI is InChI=1S/C29H30N2O3/c1-6-15-34-24-11-8-10-23(17-24)31-28(32)26(22-14-13-18(2)20(4)16-22)27(29(31)33)30-25-12-7-9-19(3)21(25)5/h7-14,16-17,30H,6,15H2,1-5H3. The van der Waals surface area contributed by atoms with Crippen molar-refractivity contribution in [3.8, 4) is 5.75 Å². The van der Waals surface area contributed by atoms with E-state index in [1.807, 2.05) is 77.1 Å². The molecule has 5 nitrogen and oxygen atoms in total. The van der Waals surface area contributed by atoms with Gasteiger partial charge in [0.1, 0.15) is 11.4 Å². The van der Waals surface area contributed by atoms with Crippen molar-refractivity contribution in [3.63, 3.8) is 0 Å². The van der Waals surface area contributed by atoms with Gasteiger partial charge in [-0.1, -0.05) is 43.3 Å². The molecule has 5 heteroatoms. The van der Waals surface area contributed by atoms with Gasteiger partial charge in [-0.2, -0.15) is 0 Å². The van der Waals surface area contributed by atoms with Gasteiger partial charge < -0.3 is 10.1 Å². The average Bonchev–Trinajstić information content (AvgIpc) is 3.06. The predicted molar refractivity (Wildman–Crippen MR) is 137 cm³/mol. The number of imide groups is 1. The van der Waals surface area contributed by atoms with Crippen LogP contribution in [0.5, 0.6) is 5.75 Å². The van der Waals surface area contributed by atoms with Crippen LogP contribution in [-0.2, 0) is 9.59 Å². The number of carbonyl (C=O) groups is 2. The van der Waals surface area contributed by atoms with Gasteiger partial charge in [-0.25, -0.2) is 4.90 Å². The molecule has 0 radical (unpaired) electrons. The van der Waals surface area contributed by atoms with Crippen molar-refractivity contribution in [2.24, 2.45) is 0 Å². The third-order valence-corrected chi connectivity index (χ3v) is 6.29. The Hall–Kier alpha value is -3.86. The summed E-state index contributed by atoms with van der Waals surface area (Å²) < 4.78 is 5.74. The van der Waals surface area contributed by atoms with Gasteiger partial charge in [0, 0.05) is 11.8 Å². The lowest BCUT2D eigenvalue weighted by atomic mass is 9.99. The van der Waals surface area contributed by atoms with Gasteiger partial charge in [0.05, 0.1) is 17.9 Å². The highest BCUT2D eigenvalue weighted by molar-refractivity contribution is 6.46. The Morgan fingerprint density at radius 2 is 1.59 bits per heavy atom. The lowest BCUT2D eigenvalue weighted by molar-refractivity contribution is -0.120. The van der Waals surface area contributed by atoms with Crippen molar-refractivity contribution in [1.29, 1.82) is 0 Å². The van der Waals surface area contributed by atoms with Crippen LogP contribution >= 0.6 is 0 Å². The zero-order valence-electron chi connectivity index (χ0n) is 20.4. The number of rotatable bonds is 7. The smallest absolute Gasteiger partial charge is 0.282 e. The molecule has 3 aromatic carbocycles. The van der Waals surface area contributed by atoms with Crippen molar-refractivity contribution in [2.45, 2.75) is 41.0 Å². The summed E-state index contributed by atoms with van der Waals surface area (Å²) in [7, 11) is 0. The summed E-state index contributed by atoms with van der Waals surface area (Å²) >= 11 is 0. The highest BCUT2D eigenvalue weighted by atomic mass is 16.5. The Bertz CT molecular complexity index is 1310. The molecule has 4 rings (SSSR count). The van der Waals surface area contributed by atoms with Crippen LogP contribution in [0.1, 0.15) is 41.2 Å². The van der Waals surface area contributed by atoms with E-state index in [4.69, 9.17) is 4.74 Å². The first-order chi connectivity index (χ1) is 16.3. The molecule has 3 aromatic rings. The number of aryl methyl sites for hydroxylation is 3. The van der Waals surface area contributed by atoms with E-state index < -0.39 is 0 Å². The molecule has 0 aromatic heterocycles. The van der Waals surface area contributed by atoms with Gasteiger partial charge in [0.15, 0.2) is 0 Å². The predicted octanol–water partition coefficient (Wildman–Crippen LogP) is 6.11. The lowest BCUT2D eigenvalue weighted by Crippen LogP contribution is -2.32. The Kier molecular flexibility index (Phi) is 6.55. The topological polar surface area (TPSA) is 58.6 Å². The third kappa shape index (κ3) is 4.34. The molecule has 34 heavy (non-hydrogen) atoms. The van der Waals surface area contributed by atoms with E-state index in [-0.39, 0.29) is 17.5 Å². The SMILES string of the molecule is CCCOc1cccc(N2C(=O)C(Nc3cccc(C)c3C)=C(c3ccc(C)c(C)c3)C2=O)c1. The molecule has 0 atom stereocenters. The van der Waals surface area contributed by atoms with E-state index >= 15 is 0 Å². The number of ether oxygens (including phenoxy) is 1. The maximum absolute atomic E-state index is 13.8. The Morgan fingerprint density at radius 3 is 2.32 bits per heavy atom. The fraction of sp³-hybridized carbons (Fsp3) is 0.241. The van der Waals surface area contributed by atoms with E-state index in [0.29, 0.717) is 23.6 Å². The second-order valence-electron chi connectivity index (χ2n) is 8.71. The first-order valence-electron chi connectivity index (χ1n) is 11.6. The number of hydrogen-bond acceptors (Lipinski definition) is 4. The van der Waals surface area contributed by atoms with E-state index in [1.165, 1.54) is 4.90 Å². The number of nitrogens with zero attached hydrogens (tertiary/aromatic N) is 1. The summed E-state index contributed by atoms with van der Waals surface area (Å²) in [5.41, 5.74) is 6.98. The number of nitrogens with one attached hydrogen (secondary N) is 1. The van der Waals surface area contributed by atoms with Crippen LogP contribution in [0.15, 0.2) is 66.4 Å². The first kappa shape index (κ1) is 23.3. The van der Waals surface area contributed by atoms with Crippen molar-refractivity contribution in [2.75, 3.05) is 16.8 Å². The molecular formula is C29H30N2O3. The van der Waals surface area contributed by atoms with Crippen LogP contribution in [0.25, 0.3) is 5.57 Å². The number of hydrogen-bond donors (Lipinski definition) is 1. The summed E-state index contributed by atoms with van der Waals surface area (Å²) in [5.74, 6) is -0.107. The number of benzene rings is 3. The van der Waals surface area contributed by atoms with Gasteiger partial charge in [0.2, 0.25) is 0 Å². The molecule has 1 aliphatic heterocycles. The van der Waals surface area contributed by atoms with Gasteiger partial charge in [0.25, 0.3) is 11.8 Å². The molecule has 1 heterocycles. The van der Waals surface area contributed by atoms with Crippen LogP contribution in [-0.4, -0.2) is 18.4 Å². The summed E-state index contributed by atoms with van der Waals surface area (Å²) in [4.78, 5) is 28.7. The van der Waals surface area contributed by atoms with E-state index in [2.05, 4.69) is 5.32 Å². The summed E-state index contributed by atoms with van der Waals surface area (Å²) in [5, 5.41) is 3.30. The Balaban J connectivity index is 1.82. The number of amides is 2. The lowest BCUT2D eigenvalue weighted by Gasteiger charge is -2.17. The zero-order chi connectivity index (χ0) is 24.4. The number of anilines is 2. The minimum atomic E-state index is -0.383. The van der Waals surface area contributed by atoms with E-state index in [1.54, 1.807) is 18.2 Å². The Morgan fingerprint density at radius 1 is 0.824 bits per heavy atom. The molecule has 1 aliphatic rings. The highest BCUT2D eigenvalue weighted by Crippen LogP contribution is 2.36. The molecule has 0 saturated heterocycles. The summed E-state index contributed by atoms with van der Waals surface area (Å²) in [6.45, 7) is 10.7. The van der Waals surface area contributed by atoms with E-state index in [0.717, 1.165) is 39.9 Å². The van der Waals surface area contributed by atoms with Gasteiger partial charge >= 0.3 is 0 Å². The second kappa shape index (κ2) is 9.56. The van der Waals surface area contributed by atoms with Gasteiger partial charge in [-0.3, -0.25) is 9.59 Å². The molecule has 1 N–H and O–H groups in total. The summed E-state index contributed by atoms with van der Waals surface area (Å²) in [6.07, 6.45) is 0.869. The van der Waals surface area contributed by atoms with Crippen LogP contribution in [0.3, 0.4) is 0 Å². The maximum atomic E-state index is 13.8. The van der Waals surface area contributed by atoms with Crippen LogP contribution in [0.2, 0.25) is 0 Å². The molecule has 0 saturated carbocycles. The van der Waals surface area contributed by atoms with Crippen molar-refractivity contribution < 1.29 is 14.3 Å². The van der Waals surface area contributed by atoms with Crippen LogP contribution in [0.4, 0.5) is 11.4 Å². The molecule has 2 amide bonds. The minimum absolute atomic E-state index is 0.279. The molecule has 0 spiro atoms. The fourth-order valence-corrected chi connectivity index (χ4v) is 4.00. The third-order valence-electron chi connectivity index (χ3n) is 6.29. The molecule has 0 unspecified atom stereocenters. The van der Waals surface area contributed by atoms with Crippen molar-refractivity contribution >= 4 is 28.8 Å². The van der Waals surface area contributed by atoms with Crippen LogP contribution < -0.4 is 15.0 Å². The molecule has 0 fully saturated rings. The van der Waals surface area contributed by atoms with Crippen LogP contribution in [0, 0.1) is 27.7 Å². The normalized spacial score (nSPS) is 13.6. The van der Waals surface area contributed by atoms with Crippen molar-refractivity contribution in [3.05, 3.63) is 94.2 Å². The first-order valence-corrected chi connectivity index (χ1v) is 11.6. The van der Waals surface area contributed by atoms with Gasteiger partial charge in [-0.15, -0.1) is 0 Å². The molecule has 174 valence electrons. The zero-order valence-corrected chi connectivity index (χ0v) is 20.4. The van der Waals surface area contributed by atoms with Gasteiger partial charge in [-0.05, 0) is 80.1 Å². The largest absolute Gasteiger partial charge is 0.494 e. The molecule has 0 aliphatic carbocycles. The number of carbonyl (C=O) groups excluding carboxylic acids is 2. The van der Waals surface area contributed by atoms with E-state index in [9.17, 15) is 9.59 Å². The second-order valence-corrected chi connectivity index (χ2v) is 8.71. The molecular weight excluding hydrogens is 424 g/mol. The van der Waals surface area contributed by atoms with Crippen molar-refractivity contribution in [1.82, 2.24) is 0 Å². The average molecular weight is 455 g/mol. The molecule has 0 bridgehead atoms. The fourth-order valence-electron chi connectivity index (χ4n) is 4.00. The summed E-state index contributed by atoms with van der Waals surface area (Å²) in [6, 6.07) is 18.9. The Labute approximate surface area is 201 Å². The monoisotopic (exact) mass is 454 g/mol. The minimum Gasteiger partial charge on any atom is -0.494 e. The quantitative estimate of drug-likeness (QED) is 0.438. The highest BCUT2D eigenvalue weighted by Gasteiger charge is 2.40. The maximum Gasteiger partial charge on any atom is 0.282 e.